The average molecular weight is 328 g/mol. The van der Waals surface area contributed by atoms with Crippen LogP contribution in [0.5, 0.6) is 0 Å². The first-order chi connectivity index (χ1) is 11.1. The molecular weight excluding hydrogens is 314 g/mol. The molecule has 2 aromatic carbocycles. The summed E-state index contributed by atoms with van der Waals surface area (Å²) in [4.78, 5) is 24.3. The van der Waals surface area contributed by atoms with E-state index in [0.717, 1.165) is 0 Å². The van der Waals surface area contributed by atoms with Crippen molar-refractivity contribution in [3.8, 4) is 0 Å². The van der Waals surface area contributed by atoms with Crippen LogP contribution < -0.4 is 10.7 Å². The summed E-state index contributed by atoms with van der Waals surface area (Å²) in [5.74, 6) is -0.242. The number of anilines is 1. The van der Waals surface area contributed by atoms with Gasteiger partial charge in [-0.15, -0.1) is 0 Å². The number of para-hydroxylation sites is 1. The van der Waals surface area contributed by atoms with Crippen LogP contribution in [0, 0.1) is 0 Å². The largest absolute Gasteiger partial charge is 0.324 e. The minimum absolute atomic E-state index is 0.167. The number of amides is 1. The van der Waals surface area contributed by atoms with Gasteiger partial charge in [0, 0.05) is 16.1 Å². The SMILES string of the molecule is C[C@@H](C(=O)Nc1cccc(Cl)c1)n1ncc(=O)c2ccccc21. The second kappa shape index (κ2) is 6.22. The summed E-state index contributed by atoms with van der Waals surface area (Å²) < 4.78 is 1.54. The highest BCUT2D eigenvalue weighted by atomic mass is 35.5. The molecule has 23 heavy (non-hydrogen) atoms. The van der Waals surface area contributed by atoms with Crippen molar-refractivity contribution < 1.29 is 4.79 Å². The fraction of sp³-hybridized carbons (Fsp3) is 0.118. The minimum Gasteiger partial charge on any atom is -0.324 e. The monoisotopic (exact) mass is 327 g/mol. The highest BCUT2D eigenvalue weighted by Gasteiger charge is 2.18. The van der Waals surface area contributed by atoms with Gasteiger partial charge in [-0.3, -0.25) is 14.3 Å². The normalized spacial score (nSPS) is 12.1. The summed E-state index contributed by atoms with van der Waals surface area (Å²) in [7, 11) is 0. The molecule has 0 aliphatic rings. The standard InChI is InChI=1S/C17H14ClN3O2/c1-11(17(23)20-13-6-4-5-12(18)9-13)21-15-8-3-2-7-14(15)16(22)10-19-21/h2-11H,1H3,(H,20,23)/t11-/m0/s1. The number of carbonyl (C=O) groups excluding carboxylic acids is 1. The van der Waals surface area contributed by atoms with E-state index in [-0.39, 0.29) is 11.3 Å². The molecule has 0 aliphatic carbocycles. The number of hydrogen-bond donors (Lipinski definition) is 1. The van der Waals surface area contributed by atoms with Crippen LogP contribution in [0.1, 0.15) is 13.0 Å². The fourth-order valence-corrected chi connectivity index (χ4v) is 2.55. The molecule has 0 fully saturated rings. The van der Waals surface area contributed by atoms with E-state index in [1.54, 1.807) is 49.4 Å². The molecular formula is C17H14ClN3O2. The molecule has 1 amide bonds. The van der Waals surface area contributed by atoms with Gasteiger partial charge in [-0.2, -0.15) is 5.10 Å². The van der Waals surface area contributed by atoms with Gasteiger partial charge in [-0.05, 0) is 37.3 Å². The number of rotatable bonds is 3. The summed E-state index contributed by atoms with van der Waals surface area (Å²) in [5.41, 5.74) is 1.06. The van der Waals surface area contributed by atoms with Gasteiger partial charge >= 0.3 is 0 Å². The first-order valence-electron chi connectivity index (χ1n) is 7.09. The summed E-state index contributed by atoms with van der Waals surface area (Å²) in [6, 6.07) is 13.4. The van der Waals surface area contributed by atoms with Crippen molar-refractivity contribution in [3.05, 3.63) is 70.0 Å². The lowest BCUT2D eigenvalue weighted by atomic mass is 10.2. The third-order valence-corrected chi connectivity index (χ3v) is 3.79. The van der Waals surface area contributed by atoms with Crippen LogP contribution in [0.3, 0.4) is 0 Å². The van der Waals surface area contributed by atoms with Gasteiger partial charge in [0.05, 0.1) is 11.7 Å². The zero-order valence-corrected chi connectivity index (χ0v) is 13.1. The molecule has 0 bridgehead atoms. The molecule has 0 aliphatic heterocycles. The maximum Gasteiger partial charge on any atom is 0.248 e. The van der Waals surface area contributed by atoms with Crippen molar-refractivity contribution in [2.75, 3.05) is 5.32 Å². The van der Waals surface area contributed by atoms with Crippen molar-refractivity contribution in [2.45, 2.75) is 13.0 Å². The van der Waals surface area contributed by atoms with E-state index in [9.17, 15) is 9.59 Å². The summed E-state index contributed by atoms with van der Waals surface area (Å²) >= 11 is 5.92. The first-order valence-corrected chi connectivity index (χ1v) is 7.47. The van der Waals surface area contributed by atoms with Crippen molar-refractivity contribution in [3.63, 3.8) is 0 Å². The number of carbonyl (C=O) groups is 1. The topological polar surface area (TPSA) is 64.0 Å². The number of aromatic nitrogens is 2. The molecule has 0 saturated carbocycles. The van der Waals surface area contributed by atoms with Crippen molar-refractivity contribution in [1.29, 1.82) is 0 Å². The number of benzene rings is 2. The van der Waals surface area contributed by atoms with Gasteiger partial charge in [0.25, 0.3) is 0 Å². The minimum atomic E-state index is -0.584. The smallest absolute Gasteiger partial charge is 0.248 e. The molecule has 1 aromatic heterocycles. The molecule has 116 valence electrons. The lowest BCUT2D eigenvalue weighted by Crippen LogP contribution is -2.26. The van der Waals surface area contributed by atoms with Gasteiger partial charge in [0.1, 0.15) is 6.04 Å². The lowest BCUT2D eigenvalue weighted by molar-refractivity contribution is -0.119. The van der Waals surface area contributed by atoms with E-state index in [0.29, 0.717) is 21.6 Å². The van der Waals surface area contributed by atoms with Crippen molar-refractivity contribution >= 4 is 34.1 Å². The Balaban J connectivity index is 1.94. The predicted octanol–water partition coefficient (Wildman–Crippen LogP) is 3.25. The Morgan fingerprint density at radius 2 is 2.00 bits per heavy atom. The Kier molecular flexibility index (Phi) is 4.12. The van der Waals surface area contributed by atoms with Gasteiger partial charge in [-0.25, -0.2) is 0 Å². The second-order valence-corrected chi connectivity index (χ2v) is 5.58. The molecule has 1 heterocycles. The van der Waals surface area contributed by atoms with Crippen LogP contribution >= 0.6 is 11.6 Å². The highest BCUT2D eigenvalue weighted by molar-refractivity contribution is 6.30. The van der Waals surface area contributed by atoms with Crippen LogP contribution in [0.4, 0.5) is 5.69 Å². The van der Waals surface area contributed by atoms with Crippen LogP contribution in [0.15, 0.2) is 59.5 Å². The summed E-state index contributed by atoms with van der Waals surface area (Å²) in [6.45, 7) is 1.73. The van der Waals surface area contributed by atoms with Crippen molar-refractivity contribution in [2.24, 2.45) is 0 Å². The molecule has 1 N–H and O–H groups in total. The van der Waals surface area contributed by atoms with E-state index in [4.69, 9.17) is 11.6 Å². The van der Waals surface area contributed by atoms with Crippen LogP contribution in [-0.2, 0) is 4.79 Å². The number of nitrogens with zero attached hydrogens (tertiary/aromatic N) is 2. The molecule has 0 spiro atoms. The van der Waals surface area contributed by atoms with Crippen LogP contribution in [0.2, 0.25) is 5.02 Å². The second-order valence-electron chi connectivity index (χ2n) is 5.15. The average Bonchev–Trinajstić information content (AvgIpc) is 2.55. The first kappa shape index (κ1) is 15.2. The molecule has 5 nitrogen and oxygen atoms in total. The number of fused-ring (bicyclic) bond motifs is 1. The third kappa shape index (κ3) is 3.10. The maximum atomic E-state index is 12.5. The Labute approximate surface area is 137 Å². The Morgan fingerprint density at radius 3 is 2.78 bits per heavy atom. The molecule has 3 rings (SSSR count). The molecule has 3 aromatic rings. The lowest BCUT2D eigenvalue weighted by Gasteiger charge is -2.17. The van der Waals surface area contributed by atoms with Gasteiger partial charge in [-0.1, -0.05) is 29.8 Å². The van der Waals surface area contributed by atoms with E-state index >= 15 is 0 Å². The third-order valence-electron chi connectivity index (χ3n) is 3.55. The van der Waals surface area contributed by atoms with E-state index in [2.05, 4.69) is 10.4 Å². The van der Waals surface area contributed by atoms with Crippen LogP contribution in [0.25, 0.3) is 10.9 Å². The fourth-order valence-electron chi connectivity index (χ4n) is 2.36. The Morgan fingerprint density at radius 1 is 1.22 bits per heavy atom. The van der Waals surface area contributed by atoms with E-state index in [1.807, 2.05) is 6.07 Å². The number of halogens is 1. The molecule has 0 unspecified atom stereocenters. The van der Waals surface area contributed by atoms with Gasteiger partial charge in [0.15, 0.2) is 0 Å². The Hall–Kier alpha value is -2.66. The predicted molar refractivity (Wildman–Crippen MR) is 90.8 cm³/mol. The van der Waals surface area contributed by atoms with Gasteiger partial charge in [0.2, 0.25) is 11.3 Å². The molecule has 6 heteroatoms. The van der Waals surface area contributed by atoms with Crippen LogP contribution in [-0.4, -0.2) is 15.7 Å². The quantitative estimate of drug-likeness (QED) is 0.803. The van der Waals surface area contributed by atoms with E-state index in [1.165, 1.54) is 10.9 Å². The zero-order chi connectivity index (χ0) is 16.4. The highest BCUT2D eigenvalue weighted by Crippen LogP contribution is 2.18. The van der Waals surface area contributed by atoms with Gasteiger partial charge < -0.3 is 5.32 Å². The molecule has 0 radical (unpaired) electrons. The summed E-state index contributed by atoms with van der Waals surface area (Å²) in [6.07, 6.45) is 1.23. The molecule has 0 saturated heterocycles. The maximum absolute atomic E-state index is 12.5. The zero-order valence-electron chi connectivity index (χ0n) is 12.4. The van der Waals surface area contributed by atoms with E-state index < -0.39 is 6.04 Å². The Bertz CT molecular complexity index is 936. The number of hydrogen-bond acceptors (Lipinski definition) is 3. The number of nitrogens with one attached hydrogen (secondary N) is 1. The molecule has 1 atom stereocenters. The van der Waals surface area contributed by atoms with Crippen molar-refractivity contribution in [1.82, 2.24) is 9.78 Å². The summed E-state index contributed by atoms with van der Waals surface area (Å²) in [5, 5.41) is 7.98.